The van der Waals surface area contributed by atoms with Gasteiger partial charge in [0.2, 0.25) is 0 Å². The first kappa shape index (κ1) is 10.4. The summed E-state index contributed by atoms with van der Waals surface area (Å²) < 4.78 is 5.09. The molecule has 0 saturated heterocycles. The van der Waals surface area contributed by atoms with Crippen LogP contribution >= 0.6 is 11.8 Å². The average Bonchev–Trinajstić information content (AvgIpc) is 2.78. The van der Waals surface area contributed by atoms with E-state index in [0.717, 1.165) is 22.1 Å². The number of rotatable bonds is 3. The zero-order chi connectivity index (χ0) is 10.7. The Morgan fingerprint density at radius 3 is 2.67 bits per heavy atom. The molecule has 0 bridgehead atoms. The van der Waals surface area contributed by atoms with Gasteiger partial charge in [-0.15, -0.1) is 11.8 Å². The second-order valence-electron chi connectivity index (χ2n) is 3.21. The van der Waals surface area contributed by atoms with Gasteiger partial charge >= 0.3 is 0 Å². The van der Waals surface area contributed by atoms with Gasteiger partial charge < -0.3 is 9.64 Å². The molecule has 1 radical (unpaired) electrons. The van der Waals surface area contributed by atoms with Gasteiger partial charge in [0.1, 0.15) is 5.75 Å². The van der Waals surface area contributed by atoms with Crippen LogP contribution in [-0.2, 0) is 5.11 Å². The van der Waals surface area contributed by atoms with Crippen LogP contribution in [0.2, 0.25) is 0 Å². The molecule has 3 nitrogen and oxygen atoms in total. The fraction of sp³-hybridized carbons (Fsp3) is 0.273. The zero-order valence-corrected chi connectivity index (χ0v) is 9.29. The average molecular weight is 222 g/mol. The summed E-state index contributed by atoms with van der Waals surface area (Å²) in [5.41, 5.74) is 1.14. The molecular formula is C11H12NO2S. The normalized spacial score (nSPS) is 15.3. The number of thioether (sulfide) groups is 1. The fourth-order valence-corrected chi connectivity index (χ4v) is 2.36. The van der Waals surface area contributed by atoms with Gasteiger partial charge in [0.25, 0.3) is 0 Å². The van der Waals surface area contributed by atoms with E-state index in [2.05, 4.69) is 0 Å². The summed E-state index contributed by atoms with van der Waals surface area (Å²) in [6, 6.07) is 7.87. The minimum atomic E-state index is -0.174. The topological polar surface area (TPSA) is 32.4 Å². The largest absolute Gasteiger partial charge is 0.497 e. The zero-order valence-electron chi connectivity index (χ0n) is 8.47. The SMILES string of the molecule is COc1ccc(C2=CN(C[O])CS2)cc1. The van der Waals surface area contributed by atoms with Crippen LogP contribution < -0.4 is 4.74 Å². The van der Waals surface area contributed by atoms with Crippen LogP contribution in [0.15, 0.2) is 30.5 Å². The summed E-state index contributed by atoms with van der Waals surface area (Å²) in [6.07, 6.45) is 1.92. The summed E-state index contributed by atoms with van der Waals surface area (Å²) in [7, 11) is 1.65. The Bertz CT molecular complexity index is 361. The van der Waals surface area contributed by atoms with E-state index >= 15 is 0 Å². The van der Waals surface area contributed by atoms with E-state index in [1.165, 1.54) is 0 Å². The molecule has 1 aliphatic rings. The number of ether oxygens (including phenoxy) is 1. The van der Waals surface area contributed by atoms with E-state index in [1.807, 2.05) is 30.5 Å². The van der Waals surface area contributed by atoms with Crippen molar-refractivity contribution in [2.45, 2.75) is 0 Å². The van der Waals surface area contributed by atoms with Crippen LogP contribution in [0.25, 0.3) is 4.91 Å². The lowest BCUT2D eigenvalue weighted by Crippen LogP contribution is -2.12. The van der Waals surface area contributed by atoms with E-state index in [4.69, 9.17) is 4.74 Å². The van der Waals surface area contributed by atoms with Crippen LogP contribution in [0.4, 0.5) is 0 Å². The molecule has 0 amide bonds. The van der Waals surface area contributed by atoms with Crippen LogP contribution in [0.1, 0.15) is 5.56 Å². The van der Waals surface area contributed by atoms with Crippen molar-refractivity contribution in [1.29, 1.82) is 0 Å². The molecule has 0 N–H and O–H groups in total. The summed E-state index contributed by atoms with van der Waals surface area (Å²) in [5.74, 6) is 1.60. The molecule has 0 atom stereocenters. The highest BCUT2D eigenvalue weighted by atomic mass is 32.2. The Labute approximate surface area is 93.4 Å². The minimum absolute atomic E-state index is 0.174. The Kier molecular flexibility index (Phi) is 3.18. The molecular weight excluding hydrogens is 210 g/mol. The highest BCUT2D eigenvalue weighted by Crippen LogP contribution is 2.34. The summed E-state index contributed by atoms with van der Waals surface area (Å²) in [4.78, 5) is 2.90. The molecule has 2 rings (SSSR count). The van der Waals surface area contributed by atoms with E-state index in [-0.39, 0.29) is 6.73 Å². The first-order chi connectivity index (χ1) is 7.33. The van der Waals surface area contributed by atoms with Gasteiger partial charge in [-0.3, -0.25) is 0 Å². The predicted octanol–water partition coefficient (Wildman–Crippen LogP) is 2.39. The van der Waals surface area contributed by atoms with Crippen molar-refractivity contribution in [3.05, 3.63) is 36.0 Å². The van der Waals surface area contributed by atoms with Gasteiger partial charge in [-0.05, 0) is 17.7 Å². The third-order valence-electron chi connectivity index (χ3n) is 2.23. The molecule has 1 aliphatic heterocycles. The highest BCUT2D eigenvalue weighted by molar-refractivity contribution is 8.08. The van der Waals surface area contributed by atoms with Crippen molar-refractivity contribution in [2.24, 2.45) is 0 Å². The lowest BCUT2D eigenvalue weighted by Gasteiger charge is -2.05. The first-order valence-electron chi connectivity index (χ1n) is 4.64. The molecule has 4 heteroatoms. The number of benzene rings is 1. The Hall–Kier alpha value is -1.13. The third-order valence-corrected chi connectivity index (χ3v) is 3.34. The molecule has 0 saturated carbocycles. The molecule has 0 aliphatic carbocycles. The van der Waals surface area contributed by atoms with Crippen molar-refractivity contribution < 1.29 is 9.84 Å². The second-order valence-corrected chi connectivity index (χ2v) is 4.20. The van der Waals surface area contributed by atoms with Crippen LogP contribution in [-0.4, -0.2) is 24.6 Å². The minimum Gasteiger partial charge on any atom is -0.497 e. The lowest BCUT2D eigenvalue weighted by molar-refractivity contribution is 0.0983. The maximum absolute atomic E-state index is 10.7. The Morgan fingerprint density at radius 1 is 1.40 bits per heavy atom. The van der Waals surface area contributed by atoms with Crippen molar-refractivity contribution >= 4 is 16.7 Å². The maximum Gasteiger partial charge on any atom is 0.154 e. The van der Waals surface area contributed by atoms with Gasteiger partial charge in [-0.2, -0.15) is 0 Å². The monoisotopic (exact) mass is 222 g/mol. The van der Waals surface area contributed by atoms with E-state index in [9.17, 15) is 5.11 Å². The number of methoxy groups -OCH3 is 1. The van der Waals surface area contributed by atoms with Crippen LogP contribution in [0, 0.1) is 0 Å². The van der Waals surface area contributed by atoms with Crippen LogP contribution in [0.3, 0.4) is 0 Å². The number of nitrogens with zero attached hydrogens (tertiary/aromatic N) is 1. The lowest BCUT2D eigenvalue weighted by atomic mass is 10.2. The first-order valence-corrected chi connectivity index (χ1v) is 5.63. The Balaban J connectivity index is 2.16. The molecule has 79 valence electrons. The van der Waals surface area contributed by atoms with Gasteiger partial charge in [-0.25, -0.2) is 5.11 Å². The standard InChI is InChI=1S/C11H12NO2S/c1-14-10-4-2-9(3-5-10)11-6-12(7-13)8-15-11/h2-6H,7-8H2,1H3. The predicted molar refractivity (Wildman–Crippen MR) is 60.8 cm³/mol. The molecule has 15 heavy (non-hydrogen) atoms. The summed E-state index contributed by atoms with van der Waals surface area (Å²) in [5, 5.41) is 10.7. The fourth-order valence-electron chi connectivity index (χ4n) is 1.38. The third kappa shape index (κ3) is 2.27. The van der Waals surface area contributed by atoms with Crippen molar-refractivity contribution in [1.82, 2.24) is 4.90 Å². The molecule has 0 fully saturated rings. The van der Waals surface area contributed by atoms with Crippen molar-refractivity contribution in [3.63, 3.8) is 0 Å². The quantitative estimate of drug-likeness (QED) is 0.787. The summed E-state index contributed by atoms with van der Waals surface area (Å²) >= 11 is 1.69. The van der Waals surface area contributed by atoms with E-state index < -0.39 is 0 Å². The summed E-state index contributed by atoms with van der Waals surface area (Å²) in [6.45, 7) is -0.174. The van der Waals surface area contributed by atoms with E-state index in [0.29, 0.717) is 0 Å². The Morgan fingerprint density at radius 2 is 2.13 bits per heavy atom. The molecule has 0 unspecified atom stereocenters. The van der Waals surface area contributed by atoms with Crippen LogP contribution in [0.5, 0.6) is 5.75 Å². The van der Waals surface area contributed by atoms with Gasteiger partial charge in [0.05, 0.1) is 13.0 Å². The number of hydrogen-bond donors (Lipinski definition) is 0. The molecule has 0 aromatic heterocycles. The second kappa shape index (κ2) is 4.59. The van der Waals surface area contributed by atoms with Crippen molar-refractivity contribution in [3.8, 4) is 5.75 Å². The maximum atomic E-state index is 10.7. The molecule has 0 spiro atoms. The molecule has 1 aromatic rings. The smallest absolute Gasteiger partial charge is 0.154 e. The van der Waals surface area contributed by atoms with Gasteiger partial charge in [0, 0.05) is 11.1 Å². The van der Waals surface area contributed by atoms with E-state index in [1.54, 1.807) is 23.8 Å². The number of hydrogen-bond acceptors (Lipinski definition) is 3. The molecule has 1 heterocycles. The molecule has 1 aromatic carbocycles. The van der Waals surface area contributed by atoms with Crippen molar-refractivity contribution in [2.75, 3.05) is 19.7 Å². The van der Waals surface area contributed by atoms with Gasteiger partial charge in [-0.1, -0.05) is 12.1 Å². The van der Waals surface area contributed by atoms with Gasteiger partial charge in [0.15, 0.2) is 6.73 Å². The highest BCUT2D eigenvalue weighted by Gasteiger charge is 2.13.